The first-order chi connectivity index (χ1) is 8.38. The molecule has 2 rings (SSSR count). The lowest BCUT2D eigenvalue weighted by molar-refractivity contribution is -0.141. The smallest absolute Gasteiger partial charge is 0.378 e. The van der Waals surface area contributed by atoms with Gasteiger partial charge in [-0.05, 0) is 18.2 Å². The highest BCUT2D eigenvalue weighted by atomic mass is 19.4. The molecule has 0 aromatic carbocycles. The molecule has 4 nitrogen and oxygen atoms in total. The summed E-state index contributed by atoms with van der Waals surface area (Å²) in [6, 6.07) is 4.39. The van der Waals surface area contributed by atoms with E-state index < -0.39 is 11.9 Å². The van der Waals surface area contributed by atoms with Crippen LogP contribution in [0.25, 0.3) is 11.4 Å². The van der Waals surface area contributed by atoms with E-state index in [1.807, 2.05) is 24.1 Å². The largest absolute Gasteiger partial charge is 0.432 e. The Morgan fingerprint density at radius 3 is 2.44 bits per heavy atom. The predicted octanol–water partition coefficient (Wildman–Crippen LogP) is 2.56. The van der Waals surface area contributed by atoms with E-state index in [0.717, 1.165) is 11.8 Å². The lowest BCUT2D eigenvalue weighted by Gasteiger charge is -2.12. The second-order valence-electron chi connectivity index (χ2n) is 3.96. The van der Waals surface area contributed by atoms with Crippen molar-refractivity contribution in [2.24, 2.45) is 0 Å². The molecule has 0 fully saturated rings. The number of nitrogens with zero attached hydrogens (tertiary/aromatic N) is 3. The third kappa shape index (κ3) is 2.44. The first-order valence-corrected chi connectivity index (χ1v) is 5.14. The SMILES string of the molecule is CN(C)c1ccnc(-c2cc(C(F)(F)F)[nH]n2)c1. The van der Waals surface area contributed by atoms with Gasteiger partial charge in [-0.25, -0.2) is 0 Å². The quantitative estimate of drug-likeness (QED) is 0.898. The Labute approximate surface area is 101 Å². The van der Waals surface area contributed by atoms with Gasteiger partial charge in [0.15, 0.2) is 0 Å². The third-order valence-corrected chi connectivity index (χ3v) is 2.41. The molecule has 0 bridgehead atoms. The minimum atomic E-state index is -4.43. The van der Waals surface area contributed by atoms with Crippen molar-refractivity contribution in [3.8, 4) is 11.4 Å². The van der Waals surface area contributed by atoms with Crippen molar-refractivity contribution < 1.29 is 13.2 Å². The fourth-order valence-electron chi connectivity index (χ4n) is 1.44. The van der Waals surface area contributed by atoms with Crippen molar-refractivity contribution >= 4 is 5.69 Å². The molecular formula is C11H11F3N4. The van der Waals surface area contributed by atoms with Gasteiger partial charge in [-0.3, -0.25) is 10.1 Å². The lowest BCUT2D eigenvalue weighted by Crippen LogP contribution is -2.08. The fourth-order valence-corrected chi connectivity index (χ4v) is 1.44. The summed E-state index contributed by atoms with van der Waals surface area (Å²) in [5.74, 6) is 0. The first kappa shape index (κ1) is 12.4. The topological polar surface area (TPSA) is 44.8 Å². The zero-order valence-electron chi connectivity index (χ0n) is 9.78. The minimum absolute atomic E-state index is 0.172. The number of hydrogen-bond acceptors (Lipinski definition) is 3. The molecule has 0 unspecified atom stereocenters. The molecule has 2 aromatic heterocycles. The number of rotatable bonds is 2. The zero-order valence-corrected chi connectivity index (χ0v) is 9.78. The van der Waals surface area contributed by atoms with E-state index in [0.29, 0.717) is 5.69 Å². The molecule has 96 valence electrons. The monoisotopic (exact) mass is 256 g/mol. The number of alkyl halides is 3. The number of nitrogens with one attached hydrogen (secondary N) is 1. The number of anilines is 1. The van der Waals surface area contributed by atoms with E-state index in [4.69, 9.17) is 0 Å². The Kier molecular flexibility index (Phi) is 2.98. The van der Waals surface area contributed by atoms with Crippen LogP contribution in [0, 0.1) is 0 Å². The van der Waals surface area contributed by atoms with Crippen LogP contribution in [0.4, 0.5) is 18.9 Å². The van der Waals surface area contributed by atoms with Crippen molar-refractivity contribution in [2.45, 2.75) is 6.18 Å². The second kappa shape index (κ2) is 4.32. The molecule has 0 amide bonds. The molecule has 0 aliphatic heterocycles. The molecule has 7 heteroatoms. The highest BCUT2D eigenvalue weighted by molar-refractivity contribution is 5.61. The van der Waals surface area contributed by atoms with Crippen LogP contribution in [0.15, 0.2) is 24.4 Å². The van der Waals surface area contributed by atoms with Crippen molar-refractivity contribution in [1.82, 2.24) is 15.2 Å². The summed E-state index contributed by atoms with van der Waals surface area (Å²) >= 11 is 0. The van der Waals surface area contributed by atoms with E-state index in [1.165, 1.54) is 6.20 Å². The molecule has 0 aliphatic carbocycles. The summed E-state index contributed by atoms with van der Waals surface area (Å²) in [4.78, 5) is 5.85. The van der Waals surface area contributed by atoms with Crippen molar-refractivity contribution in [3.63, 3.8) is 0 Å². The predicted molar refractivity (Wildman–Crippen MR) is 61.1 cm³/mol. The summed E-state index contributed by atoms with van der Waals surface area (Å²) in [5.41, 5.74) is 0.532. The lowest BCUT2D eigenvalue weighted by atomic mass is 10.2. The molecular weight excluding hydrogens is 245 g/mol. The van der Waals surface area contributed by atoms with E-state index in [-0.39, 0.29) is 5.69 Å². The van der Waals surface area contributed by atoms with Crippen LogP contribution in [0.2, 0.25) is 0 Å². The van der Waals surface area contributed by atoms with Gasteiger partial charge in [0.1, 0.15) is 11.4 Å². The van der Waals surface area contributed by atoms with E-state index in [9.17, 15) is 13.2 Å². The summed E-state index contributed by atoms with van der Waals surface area (Å²) < 4.78 is 37.3. The normalized spacial score (nSPS) is 11.6. The van der Waals surface area contributed by atoms with Gasteiger partial charge >= 0.3 is 6.18 Å². The van der Waals surface area contributed by atoms with Gasteiger partial charge in [0.2, 0.25) is 0 Å². The molecule has 0 atom stereocenters. The minimum Gasteiger partial charge on any atom is -0.378 e. The maximum absolute atomic E-state index is 12.4. The number of H-pyrrole nitrogens is 1. The van der Waals surface area contributed by atoms with Crippen LogP contribution >= 0.6 is 0 Å². The van der Waals surface area contributed by atoms with Gasteiger partial charge < -0.3 is 4.90 Å². The Balaban J connectivity index is 2.37. The molecule has 0 spiro atoms. The van der Waals surface area contributed by atoms with Gasteiger partial charge in [0.05, 0.1) is 5.69 Å². The Morgan fingerprint density at radius 2 is 1.89 bits per heavy atom. The van der Waals surface area contributed by atoms with Gasteiger partial charge in [0.25, 0.3) is 0 Å². The Morgan fingerprint density at radius 1 is 1.17 bits per heavy atom. The average molecular weight is 256 g/mol. The van der Waals surface area contributed by atoms with Crippen LogP contribution in [-0.2, 0) is 6.18 Å². The standard InChI is InChI=1S/C11H11F3N4/c1-18(2)7-3-4-15-8(5-7)9-6-10(17-16-9)11(12,13)14/h3-6H,1-2H3,(H,16,17). The van der Waals surface area contributed by atoms with Crippen LogP contribution in [0.5, 0.6) is 0 Å². The van der Waals surface area contributed by atoms with Crippen molar-refractivity contribution in [2.75, 3.05) is 19.0 Å². The van der Waals surface area contributed by atoms with Gasteiger partial charge in [-0.1, -0.05) is 0 Å². The van der Waals surface area contributed by atoms with Crippen molar-refractivity contribution in [1.29, 1.82) is 0 Å². The van der Waals surface area contributed by atoms with E-state index in [2.05, 4.69) is 10.1 Å². The van der Waals surface area contributed by atoms with E-state index >= 15 is 0 Å². The first-order valence-electron chi connectivity index (χ1n) is 5.14. The summed E-state index contributed by atoms with van der Waals surface area (Å²) in [6.45, 7) is 0. The Bertz CT molecular complexity index is 545. The summed E-state index contributed by atoms with van der Waals surface area (Å²) in [5, 5.41) is 5.59. The maximum atomic E-state index is 12.4. The highest BCUT2D eigenvalue weighted by Gasteiger charge is 2.33. The molecule has 0 aliphatic rings. The molecule has 1 N–H and O–H groups in total. The molecule has 0 saturated heterocycles. The second-order valence-corrected chi connectivity index (χ2v) is 3.96. The molecule has 0 saturated carbocycles. The Hall–Kier alpha value is -2.05. The number of aromatic nitrogens is 3. The third-order valence-electron chi connectivity index (χ3n) is 2.41. The number of hydrogen-bond donors (Lipinski definition) is 1. The molecule has 18 heavy (non-hydrogen) atoms. The van der Waals surface area contributed by atoms with E-state index in [1.54, 1.807) is 12.1 Å². The molecule has 2 heterocycles. The summed E-state index contributed by atoms with van der Waals surface area (Å²) in [7, 11) is 3.68. The van der Waals surface area contributed by atoms with Crippen LogP contribution in [-0.4, -0.2) is 29.3 Å². The highest BCUT2D eigenvalue weighted by Crippen LogP contribution is 2.30. The average Bonchev–Trinajstić information content (AvgIpc) is 2.78. The number of pyridine rings is 1. The molecule has 2 aromatic rings. The number of halogens is 3. The molecule has 0 radical (unpaired) electrons. The summed E-state index contributed by atoms with van der Waals surface area (Å²) in [6.07, 6.45) is -2.89. The van der Waals surface area contributed by atoms with Gasteiger partial charge in [-0.15, -0.1) is 0 Å². The van der Waals surface area contributed by atoms with Crippen LogP contribution < -0.4 is 4.90 Å². The maximum Gasteiger partial charge on any atom is 0.432 e. The van der Waals surface area contributed by atoms with Crippen LogP contribution in [0.1, 0.15) is 5.69 Å². The zero-order chi connectivity index (χ0) is 13.3. The van der Waals surface area contributed by atoms with Crippen LogP contribution in [0.3, 0.4) is 0 Å². The van der Waals surface area contributed by atoms with Gasteiger partial charge in [0, 0.05) is 26.0 Å². The van der Waals surface area contributed by atoms with Gasteiger partial charge in [-0.2, -0.15) is 18.3 Å². The number of aromatic amines is 1. The van der Waals surface area contributed by atoms with Crippen molar-refractivity contribution in [3.05, 3.63) is 30.1 Å². The fraction of sp³-hybridized carbons (Fsp3) is 0.273.